The number of halogens is 1. The number of aromatic nitrogens is 3. The number of thiophene rings is 1. The molecule has 0 fully saturated rings. The molecule has 0 aliphatic heterocycles. The normalized spacial score (nSPS) is 11.1. The van der Waals surface area contributed by atoms with Crippen molar-refractivity contribution in [2.24, 2.45) is 0 Å². The van der Waals surface area contributed by atoms with E-state index in [1.807, 2.05) is 12.1 Å². The summed E-state index contributed by atoms with van der Waals surface area (Å²) >= 11 is 5.05. The number of hydrogen-bond donors (Lipinski definition) is 0. The molecule has 0 radical (unpaired) electrons. The summed E-state index contributed by atoms with van der Waals surface area (Å²) < 4.78 is 4.35. The van der Waals surface area contributed by atoms with Crippen LogP contribution in [0.25, 0.3) is 5.52 Å². The minimum Gasteiger partial charge on any atom is -0.307 e. The first-order valence-electron chi connectivity index (χ1n) is 5.01. The third-order valence-electron chi connectivity index (χ3n) is 2.49. The van der Waals surface area contributed by atoms with Gasteiger partial charge in [-0.15, -0.1) is 11.3 Å². The van der Waals surface area contributed by atoms with Crippen LogP contribution in [0, 0.1) is 0 Å². The van der Waals surface area contributed by atoms with E-state index >= 15 is 0 Å². The summed E-state index contributed by atoms with van der Waals surface area (Å²) in [4.78, 5) is 13.2. The van der Waals surface area contributed by atoms with Crippen LogP contribution in [0.4, 0.5) is 0 Å². The second-order valence-electron chi connectivity index (χ2n) is 3.60. The maximum atomic E-state index is 12.1. The molecule has 86 valence electrons. The predicted molar refractivity (Wildman–Crippen MR) is 70.6 cm³/mol. The van der Waals surface area contributed by atoms with Crippen LogP contribution in [-0.4, -0.2) is 14.2 Å². The monoisotopic (exact) mass is 309 g/mol. The molecule has 17 heavy (non-hydrogen) atoms. The van der Waals surface area contributed by atoms with Crippen molar-refractivity contribution in [2.75, 3.05) is 0 Å². The fourth-order valence-corrected chi connectivity index (χ4v) is 3.17. The maximum absolute atomic E-state index is 12.1. The van der Waals surface area contributed by atoms with Crippen LogP contribution in [0.2, 0.25) is 0 Å². The Kier molecular flexibility index (Phi) is 2.60. The zero-order valence-electron chi connectivity index (χ0n) is 8.71. The Morgan fingerprint density at radius 2 is 2.18 bits per heavy atom. The van der Waals surface area contributed by atoms with Gasteiger partial charge < -0.3 is 4.57 Å². The second kappa shape index (κ2) is 4.12. The van der Waals surface area contributed by atoms with Gasteiger partial charge in [0.05, 0.1) is 16.5 Å². The lowest BCUT2D eigenvalue weighted by molar-refractivity contribution is 0.751. The molecule has 0 amide bonds. The first-order chi connectivity index (χ1) is 8.24. The van der Waals surface area contributed by atoms with E-state index in [2.05, 4.69) is 21.0 Å². The zero-order valence-corrected chi connectivity index (χ0v) is 11.1. The smallest absolute Gasteiger partial charge is 0.276 e. The summed E-state index contributed by atoms with van der Waals surface area (Å²) in [5.74, 6) is 0. The molecule has 0 atom stereocenters. The molecule has 0 spiro atoms. The molecule has 3 aromatic rings. The predicted octanol–water partition coefficient (Wildman–Crippen LogP) is 2.37. The standard InChI is InChI=1S/C11H8BrN3OS/c12-10-2-1-8(17-10)7-14-5-6-15-9(11(14)16)3-4-13-15/h1-6H,7H2. The minimum absolute atomic E-state index is 0.0190. The highest BCUT2D eigenvalue weighted by atomic mass is 79.9. The van der Waals surface area contributed by atoms with Crippen LogP contribution in [0.1, 0.15) is 4.88 Å². The number of fused-ring (bicyclic) bond motifs is 1. The van der Waals surface area contributed by atoms with Crippen molar-refractivity contribution in [1.82, 2.24) is 14.2 Å². The Balaban J connectivity index is 2.06. The number of nitrogens with zero attached hydrogens (tertiary/aromatic N) is 3. The van der Waals surface area contributed by atoms with Crippen LogP contribution < -0.4 is 5.56 Å². The van der Waals surface area contributed by atoms with Gasteiger partial charge in [-0.2, -0.15) is 5.10 Å². The van der Waals surface area contributed by atoms with Crippen LogP contribution in [0.5, 0.6) is 0 Å². The molecule has 0 aliphatic carbocycles. The SMILES string of the molecule is O=c1c2ccnn2ccn1Cc1ccc(Br)s1. The Morgan fingerprint density at radius 1 is 1.29 bits per heavy atom. The number of hydrogen-bond acceptors (Lipinski definition) is 3. The van der Waals surface area contributed by atoms with E-state index in [4.69, 9.17) is 0 Å². The van der Waals surface area contributed by atoms with Gasteiger partial charge in [-0.3, -0.25) is 4.79 Å². The Bertz CT molecular complexity index is 727. The van der Waals surface area contributed by atoms with Gasteiger partial charge in [0.25, 0.3) is 5.56 Å². The fraction of sp³-hybridized carbons (Fsp3) is 0.0909. The molecule has 0 N–H and O–H groups in total. The highest BCUT2D eigenvalue weighted by molar-refractivity contribution is 9.11. The fourth-order valence-electron chi connectivity index (χ4n) is 1.69. The Labute approximate surface area is 109 Å². The van der Waals surface area contributed by atoms with Crippen LogP contribution in [-0.2, 0) is 6.54 Å². The molecule has 3 aromatic heterocycles. The van der Waals surface area contributed by atoms with Gasteiger partial charge in [0.1, 0.15) is 5.52 Å². The molecule has 0 bridgehead atoms. The van der Waals surface area contributed by atoms with E-state index in [1.54, 1.807) is 45.1 Å². The molecule has 0 saturated carbocycles. The summed E-state index contributed by atoms with van der Waals surface area (Å²) in [6.45, 7) is 0.594. The van der Waals surface area contributed by atoms with Crippen molar-refractivity contribution < 1.29 is 0 Å². The van der Waals surface area contributed by atoms with Gasteiger partial charge in [-0.05, 0) is 34.1 Å². The third-order valence-corrected chi connectivity index (χ3v) is 4.10. The largest absolute Gasteiger partial charge is 0.307 e. The summed E-state index contributed by atoms with van der Waals surface area (Å²) in [5, 5.41) is 4.03. The van der Waals surface area contributed by atoms with Gasteiger partial charge in [0, 0.05) is 17.3 Å². The van der Waals surface area contributed by atoms with Crippen molar-refractivity contribution in [3.05, 3.63) is 55.8 Å². The van der Waals surface area contributed by atoms with Crippen molar-refractivity contribution in [3.8, 4) is 0 Å². The Morgan fingerprint density at radius 3 is 2.94 bits per heavy atom. The zero-order chi connectivity index (χ0) is 11.8. The van der Waals surface area contributed by atoms with Crippen LogP contribution in [0.3, 0.4) is 0 Å². The van der Waals surface area contributed by atoms with E-state index in [0.717, 1.165) is 8.66 Å². The lowest BCUT2D eigenvalue weighted by Crippen LogP contribution is -2.21. The number of rotatable bonds is 2. The molecule has 0 saturated heterocycles. The highest BCUT2D eigenvalue weighted by Gasteiger charge is 2.05. The molecule has 3 heterocycles. The highest BCUT2D eigenvalue weighted by Crippen LogP contribution is 2.22. The van der Waals surface area contributed by atoms with Crippen molar-refractivity contribution in [2.45, 2.75) is 6.54 Å². The average Bonchev–Trinajstić information content (AvgIpc) is 2.92. The quantitative estimate of drug-likeness (QED) is 0.729. The van der Waals surface area contributed by atoms with E-state index in [1.165, 1.54) is 0 Å². The first kappa shape index (κ1) is 10.7. The second-order valence-corrected chi connectivity index (χ2v) is 6.15. The minimum atomic E-state index is -0.0190. The summed E-state index contributed by atoms with van der Waals surface area (Å²) in [5.41, 5.74) is 0.581. The molecule has 3 rings (SSSR count). The molecule has 4 nitrogen and oxygen atoms in total. The molecular formula is C11H8BrN3OS. The van der Waals surface area contributed by atoms with Crippen molar-refractivity contribution in [1.29, 1.82) is 0 Å². The van der Waals surface area contributed by atoms with Gasteiger partial charge in [-0.1, -0.05) is 0 Å². The summed E-state index contributed by atoms with van der Waals surface area (Å²) in [6, 6.07) is 5.73. The van der Waals surface area contributed by atoms with Crippen molar-refractivity contribution in [3.63, 3.8) is 0 Å². The van der Waals surface area contributed by atoms with Crippen LogP contribution in [0.15, 0.2) is 45.4 Å². The van der Waals surface area contributed by atoms with Gasteiger partial charge in [0.2, 0.25) is 0 Å². The van der Waals surface area contributed by atoms with E-state index in [0.29, 0.717) is 12.1 Å². The molecule has 0 aromatic carbocycles. The lowest BCUT2D eigenvalue weighted by Gasteiger charge is -2.03. The van der Waals surface area contributed by atoms with Gasteiger partial charge >= 0.3 is 0 Å². The third kappa shape index (κ3) is 1.94. The molecule has 6 heteroatoms. The molecule has 0 unspecified atom stereocenters. The molecule has 0 aliphatic rings. The van der Waals surface area contributed by atoms with E-state index < -0.39 is 0 Å². The van der Waals surface area contributed by atoms with E-state index in [9.17, 15) is 4.79 Å². The van der Waals surface area contributed by atoms with Crippen molar-refractivity contribution >= 4 is 32.8 Å². The van der Waals surface area contributed by atoms with Gasteiger partial charge in [-0.25, -0.2) is 4.52 Å². The average molecular weight is 310 g/mol. The van der Waals surface area contributed by atoms with Crippen LogP contribution >= 0.6 is 27.3 Å². The summed E-state index contributed by atoms with van der Waals surface area (Å²) in [7, 11) is 0. The van der Waals surface area contributed by atoms with E-state index in [-0.39, 0.29) is 5.56 Å². The Hall–Kier alpha value is -1.40. The summed E-state index contributed by atoms with van der Waals surface area (Å²) in [6.07, 6.45) is 5.18. The van der Waals surface area contributed by atoms with Gasteiger partial charge in [0.15, 0.2) is 0 Å². The maximum Gasteiger partial charge on any atom is 0.276 e. The molecular weight excluding hydrogens is 302 g/mol. The topological polar surface area (TPSA) is 39.3 Å². The lowest BCUT2D eigenvalue weighted by atomic mass is 10.4. The first-order valence-corrected chi connectivity index (χ1v) is 6.62.